The van der Waals surface area contributed by atoms with E-state index in [-0.39, 0.29) is 24.0 Å². The molecule has 0 spiro atoms. The van der Waals surface area contributed by atoms with Gasteiger partial charge in [0.1, 0.15) is 0 Å². The Labute approximate surface area is 131 Å². The fraction of sp³-hybridized carbons (Fsp3) is 0.529. The van der Waals surface area contributed by atoms with E-state index in [4.69, 9.17) is 5.26 Å². The monoisotopic (exact) mass is 301 g/mol. The average molecular weight is 301 g/mol. The minimum Gasteiger partial charge on any atom is -0.396 e. The molecular formula is C17H23N3O2. The molecule has 1 saturated heterocycles. The second-order valence-corrected chi connectivity index (χ2v) is 6.40. The number of likely N-dealkylation sites (tertiary alicyclic amines) is 1. The number of nitrogens with zero attached hydrogens (tertiary/aromatic N) is 2. The molecule has 5 heteroatoms. The van der Waals surface area contributed by atoms with E-state index in [1.807, 2.05) is 6.92 Å². The highest BCUT2D eigenvalue weighted by Gasteiger charge is 2.34. The van der Waals surface area contributed by atoms with E-state index in [2.05, 4.69) is 23.2 Å². The van der Waals surface area contributed by atoms with Crippen molar-refractivity contribution in [2.45, 2.75) is 32.7 Å². The molecule has 2 rings (SSSR count). The molecule has 1 fully saturated rings. The first kappa shape index (κ1) is 16.5. The zero-order valence-electron chi connectivity index (χ0n) is 13.2. The van der Waals surface area contributed by atoms with Crippen molar-refractivity contribution >= 4 is 11.6 Å². The molecular weight excluding hydrogens is 278 g/mol. The summed E-state index contributed by atoms with van der Waals surface area (Å²) in [5, 5.41) is 21.3. The third kappa shape index (κ3) is 3.85. The summed E-state index contributed by atoms with van der Waals surface area (Å²) < 4.78 is 0. The first-order valence-electron chi connectivity index (χ1n) is 7.63. The topological polar surface area (TPSA) is 76.4 Å². The number of aliphatic hydroxyl groups excluding tert-OH is 1. The molecule has 1 aliphatic rings. The van der Waals surface area contributed by atoms with E-state index >= 15 is 0 Å². The maximum Gasteiger partial charge on any atom is 0.241 e. The Balaban J connectivity index is 2.01. The van der Waals surface area contributed by atoms with Gasteiger partial charge >= 0.3 is 0 Å². The van der Waals surface area contributed by atoms with Gasteiger partial charge in [-0.1, -0.05) is 13.0 Å². The van der Waals surface area contributed by atoms with Gasteiger partial charge in [-0.25, -0.2) is 0 Å². The van der Waals surface area contributed by atoms with Crippen LogP contribution in [0.25, 0.3) is 0 Å². The maximum atomic E-state index is 12.4. The van der Waals surface area contributed by atoms with Crippen molar-refractivity contribution in [2.24, 2.45) is 5.41 Å². The smallest absolute Gasteiger partial charge is 0.241 e. The molecule has 1 heterocycles. The predicted molar refractivity (Wildman–Crippen MR) is 85.2 cm³/mol. The quantitative estimate of drug-likeness (QED) is 0.891. The Morgan fingerprint density at radius 2 is 2.36 bits per heavy atom. The van der Waals surface area contributed by atoms with Crippen LogP contribution >= 0.6 is 0 Å². The van der Waals surface area contributed by atoms with E-state index in [0.29, 0.717) is 11.3 Å². The summed E-state index contributed by atoms with van der Waals surface area (Å²) in [5.41, 5.74) is 1.03. The predicted octanol–water partition coefficient (Wildman–Crippen LogP) is 1.98. The molecule has 0 radical (unpaired) electrons. The fourth-order valence-electron chi connectivity index (χ4n) is 2.90. The summed E-state index contributed by atoms with van der Waals surface area (Å²) in [6.45, 7) is 5.66. The molecule has 2 atom stereocenters. The number of piperidine rings is 1. The van der Waals surface area contributed by atoms with Crippen LogP contribution in [0.1, 0.15) is 32.3 Å². The van der Waals surface area contributed by atoms with Crippen molar-refractivity contribution in [1.82, 2.24) is 4.90 Å². The second-order valence-electron chi connectivity index (χ2n) is 6.40. The number of hydrogen-bond acceptors (Lipinski definition) is 4. The molecule has 1 amide bonds. The van der Waals surface area contributed by atoms with Gasteiger partial charge in [0, 0.05) is 24.3 Å². The minimum absolute atomic E-state index is 0.0859. The number of hydrogen-bond donors (Lipinski definition) is 2. The van der Waals surface area contributed by atoms with Crippen LogP contribution in [-0.4, -0.2) is 41.7 Å². The molecule has 2 N–H and O–H groups in total. The van der Waals surface area contributed by atoms with Gasteiger partial charge in [-0.2, -0.15) is 5.26 Å². The summed E-state index contributed by atoms with van der Waals surface area (Å²) in [5.74, 6) is -0.0859. The molecule has 5 nitrogen and oxygen atoms in total. The molecule has 1 aromatic carbocycles. The van der Waals surface area contributed by atoms with E-state index in [1.165, 1.54) is 0 Å². The summed E-state index contributed by atoms with van der Waals surface area (Å²) >= 11 is 0. The number of aliphatic hydroxyl groups is 1. The van der Waals surface area contributed by atoms with Crippen molar-refractivity contribution in [2.75, 3.05) is 25.0 Å². The van der Waals surface area contributed by atoms with Crippen molar-refractivity contribution in [3.8, 4) is 6.07 Å². The SMILES string of the molecule is CC(C(=O)Nc1cccc(C#N)c1)N1CCCC(C)(CO)C1. The Bertz CT molecular complexity index is 582. The van der Waals surface area contributed by atoms with E-state index in [1.54, 1.807) is 24.3 Å². The van der Waals surface area contributed by atoms with E-state index < -0.39 is 0 Å². The Morgan fingerprint density at radius 1 is 1.59 bits per heavy atom. The van der Waals surface area contributed by atoms with Gasteiger partial charge in [0.15, 0.2) is 0 Å². The van der Waals surface area contributed by atoms with Gasteiger partial charge in [-0.05, 0) is 44.5 Å². The summed E-state index contributed by atoms with van der Waals surface area (Å²) in [6.07, 6.45) is 1.97. The van der Waals surface area contributed by atoms with E-state index in [0.717, 1.165) is 25.9 Å². The number of rotatable bonds is 4. The van der Waals surface area contributed by atoms with Crippen LogP contribution < -0.4 is 5.32 Å². The summed E-state index contributed by atoms with van der Waals surface area (Å²) in [4.78, 5) is 14.5. The van der Waals surface area contributed by atoms with Crippen LogP contribution in [0, 0.1) is 16.7 Å². The molecule has 1 aromatic rings. The van der Waals surface area contributed by atoms with Crippen LogP contribution in [0.15, 0.2) is 24.3 Å². The highest BCUT2D eigenvalue weighted by molar-refractivity contribution is 5.94. The van der Waals surface area contributed by atoms with Crippen LogP contribution in [-0.2, 0) is 4.79 Å². The van der Waals surface area contributed by atoms with Gasteiger partial charge in [0.05, 0.1) is 17.7 Å². The Morgan fingerprint density at radius 3 is 3.05 bits per heavy atom. The van der Waals surface area contributed by atoms with E-state index in [9.17, 15) is 9.90 Å². The molecule has 0 aromatic heterocycles. The highest BCUT2D eigenvalue weighted by Crippen LogP contribution is 2.29. The zero-order chi connectivity index (χ0) is 16.2. The number of carbonyl (C=O) groups is 1. The van der Waals surface area contributed by atoms with Crippen molar-refractivity contribution in [1.29, 1.82) is 5.26 Å². The Kier molecular flexibility index (Phi) is 5.17. The largest absolute Gasteiger partial charge is 0.396 e. The van der Waals surface area contributed by atoms with Crippen LogP contribution in [0.5, 0.6) is 0 Å². The maximum absolute atomic E-state index is 12.4. The molecule has 0 aliphatic carbocycles. The number of nitrogens with one attached hydrogen (secondary N) is 1. The lowest BCUT2D eigenvalue weighted by atomic mass is 9.82. The number of nitriles is 1. The van der Waals surface area contributed by atoms with Gasteiger partial charge in [-0.15, -0.1) is 0 Å². The number of benzene rings is 1. The average Bonchev–Trinajstić information content (AvgIpc) is 2.54. The molecule has 2 unspecified atom stereocenters. The van der Waals surface area contributed by atoms with Crippen molar-refractivity contribution in [3.63, 3.8) is 0 Å². The molecule has 118 valence electrons. The van der Waals surface area contributed by atoms with Crippen molar-refractivity contribution < 1.29 is 9.90 Å². The first-order valence-corrected chi connectivity index (χ1v) is 7.63. The standard InChI is InChI=1S/C17H23N3O2/c1-13(20-8-4-7-17(2,11-20)12-21)16(22)19-15-6-3-5-14(9-15)10-18/h3,5-6,9,13,21H,4,7-8,11-12H2,1-2H3,(H,19,22). The van der Waals surface area contributed by atoms with Crippen molar-refractivity contribution in [3.05, 3.63) is 29.8 Å². The number of carbonyl (C=O) groups excluding carboxylic acids is 1. The van der Waals surface area contributed by atoms with Gasteiger partial charge in [0.25, 0.3) is 0 Å². The third-order valence-corrected chi connectivity index (χ3v) is 4.38. The first-order chi connectivity index (χ1) is 10.5. The van der Waals surface area contributed by atoms with Crippen LogP contribution in [0.3, 0.4) is 0 Å². The number of amides is 1. The molecule has 1 aliphatic heterocycles. The zero-order valence-corrected chi connectivity index (χ0v) is 13.2. The lowest BCUT2D eigenvalue weighted by Gasteiger charge is -2.41. The normalized spacial score (nSPS) is 23.5. The molecule has 22 heavy (non-hydrogen) atoms. The Hall–Kier alpha value is -1.90. The number of anilines is 1. The molecule has 0 bridgehead atoms. The highest BCUT2D eigenvalue weighted by atomic mass is 16.3. The van der Waals surface area contributed by atoms with Gasteiger partial charge < -0.3 is 10.4 Å². The third-order valence-electron chi connectivity index (χ3n) is 4.38. The van der Waals surface area contributed by atoms with Gasteiger partial charge in [-0.3, -0.25) is 9.69 Å². The summed E-state index contributed by atoms with van der Waals surface area (Å²) in [6, 6.07) is 8.70. The minimum atomic E-state index is -0.267. The lowest BCUT2D eigenvalue weighted by molar-refractivity contribution is -0.122. The lowest BCUT2D eigenvalue weighted by Crippen LogP contribution is -2.51. The molecule has 0 saturated carbocycles. The van der Waals surface area contributed by atoms with Gasteiger partial charge in [0.2, 0.25) is 5.91 Å². The second kappa shape index (κ2) is 6.91. The fourth-order valence-corrected chi connectivity index (χ4v) is 2.90. The van der Waals surface area contributed by atoms with Crippen LogP contribution in [0.2, 0.25) is 0 Å². The summed E-state index contributed by atoms with van der Waals surface area (Å²) in [7, 11) is 0. The van der Waals surface area contributed by atoms with Crippen LogP contribution in [0.4, 0.5) is 5.69 Å².